The normalized spacial score (nSPS) is 12.1. The summed E-state index contributed by atoms with van der Waals surface area (Å²) in [4.78, 5) is 10.9. The number of carboxylic acids is 1. The van der Waals surface area contributed by atoms with Crippen LogP contribution in [0.5, 0.6) is 0 Å². The summed E-state index contributed by atoms with van der Waals surface area (Å²) < 4.78 is 0. The molecule has 0 aliphatic carbocycles. The number of aryl methyl sites for hydroxylation is 2. The predicted octanol–water partition coefficient (Wildman–Crippen LogP) is 6.99. The van der Waals surface area contributed by atoms with E-state index in [1.54, 1.807) is 12.1 Å². The quantitative estimate of drug-likeness (QED) is 0.453. The second-order valence-corrected chi connectivity index (χ2v) is 8.35. The van der Waals surface area contributed by atoms with E-state index in [-0.39, 0.29) is 0 Å². The van der Waals surface area contributed by atoms with Crippen LogP contribution in [-0.2, 0) is 12.8 Å². The summed E-state index contributed by atoms with van der Waals surface area (Å²) in [7, 11) is 0. The molecule has 0 fully saturated rings. The SMILES string of the molecule is CC(C)CC(C)c1ccc(-c2ccc(CCc3ccc(C(=O)O)cc3)cc2)cc1. The highest BCUT2D eigenvalue weighted by atomic mass is 16.4. The van der Waals surface area contributed by atoms with Crippen LogP contribution < -0.4 is 0 Å². The summed E-state index contributed by atoms with van der Waals surface area (Å²) >= 11 is 0. The Hall–Kier alpha value is -2.87. The molecule has 1 atom stereocenters. The highest BCUT2D eigenvalue weighted by molar-refractivity contribution is 5.87. The molecule has 29 heavy (non-hydrogen) atoms. The van der Waals surface area contributed by atoms with Gasteiger partial charge in [0, 0.05) is 0 Å². The highest BCUT2D eigenvalue weighted by Gasteiger charge is 2.08. The standard InChI is InChI=1S/C27H30O2/c1-19(2)18-20(3)23-14-16-25(17-15-23)24-10-6-21(7-11-24)4-5-22-8-12-26(13-9-22)27(28)29/h6-17,19-20H,4-5,18H2,1-3H3,(H,28,29). The maximum Gasteiger partial charge on any atom is 0.335 e. The minimum Gasteiger partial charge on any atom is -0.478 e. The summed E-state index contributed by atoms with van der Waals surface area (Å²) in [5.41, 5.74) is 6.68. The first-order valence-electron chi connectivity index (χ1n) is 10.4. The number of carboxylic acid groups (broad SMARTS) is 1. The fourth-order valence-corrected chi connectivity index (χ4v) is 3.81. The zero-order valence-electron chi connectivity index (χ0n) is 17.6. The Kier molecular flexibility index (Phi) is 6.87. The van der Waals surface area contributed by atoms with Crippen molar-refractivity contribution in [3.05, 3.63) is 95.1 Å². The Morgan fingerprint density at radius 2 is 1.17 bits per heavy atom. The lowest BCUT2D eigenvalue weighted by molar-refractivity contribution is 0.0697. The molecule has 0 bridgehead atoms. The molecule has 0 saturated carbocycles. The molecule has 3 aromatic rings. The van der Waals surface area contributed by atoms with E-state index in [2.05, 4.69) is 69.3 Å². The van der Waals surface area contributed by atoms with E-state index in [0.29, 0.717) is 17.4 Å². The lowest BCUT2D eigenvalue weighted by Crippen LogP contribution is -1.98. The van der Waals surface area contributed by atoms with E-state index >= 15 is 0 Å². The maximum atomic E-state index is 10.9. The lowest BCUT2D eigenvalue weighted by Gasteiger charge is -2.15. The number of benzene rings is 3. The van der Waals surface area contributed by atoms with Crippen molar-refractivity contribution in [3.8, 4) is 11.1 Å². The molecule has 0 saturated heterocycles. The van der Waals surface area contributed by atoms with Crippen LogP contribution in [0.3, 0.4) is 0 Å². The van der Waals surface area contributed by atoms with Gasteiger partial charge in [0.15, 0.2) is 0 Å². The van der Waals surface area contributed by atoms with Gasteiger partial charge in [-0.2, -0.15) is 0 Å². The van der Waals surface area contributed by atoms with E-state index in [1.165, 1.54) is 28.7 Å². The van der Waals surface area contributed by atoms with Crippen LogP contribution in [0.1, 0.15) is 60.2 Å². The van der Waals surface area contributed by atoms with E-state index in [0.717, 1.165) is 18.4 Å². The van der Waals surface area contributed by atoms with Gasteiger partial charge in [0.1, 0.15) is 0 Å². The minimum atomic E-state index is -0.880. The van der Waals surface area contributed by atoms with Crippen LogP contribution in [0.15, 0.2) is 72.8 Å². The third-order valence-corrected chi connectivity index (χ3v) is 5.50. The zero-order chi connectivity index (χ0) is 20.8. The number of hydrogen-bond donors (Lipinski definition) is 1. The van der Waals surface area contributed by atoms with Crippen LogP contribution in [-0.4, -0.2) is 11.1 Å². The number of rotatable bonds is 8. The Morgan fingerprint density at radius 1 is 0.724 bits per heavy atom. The molecule has 3 aromatic carbocycles. The van der Waals surface area contributed by atoms with Crippen LogP contribution in [0.4, 0.5) is 0 Å². The fourth-order valence-electron chi connectivity index (χ4n) is 3.81. The second kappa shape index (κ2) is 9.56. The zero-order valence-corrected chi connectivity index (χ0v) is 17.6. The van der Waals surface area contributed by atoms with Gasteiger partial charge in [-0.05, 0) is 71.0 Å². The molecule has 0 radical (unpaired) electrons. The van der Waals surface area contributed by atoms with Crippen molar-refractivity contribution in [2.75, 3.05) is 0 Å². The first kappa shape index (κ1) is 20.9. The van der Waals surface area contributed by atoms with Crippen molar-refractivity contribution in [2.24, 2.45) is 5.92 Å². The largest absolute Gasteiger partial charge is 0.478 e. The van der Waals surface area contributed by atoms with Gasteiger partial charge in [-0.3, -0.25) is 0 Å². The number of carbonyl (C=O) groups is 1. The Morgan fingerprint density at radius 3 is 1.62 bits per heavy atom. The Bertz CT molecular complexity index is 920. The molecule has 0 spiro atoms. The summed E-state index contributed by atoms with van der Waals surface area (Å²) in [6.07, 6.45) is 3.06. The van der Waals surface area contributed by atoms with E-state index in [1.807, 2.05) is 12.1 Å². The molecule has 3 rings (SSSR count). The summed E-state index contributed by atoms with van der Waals surface area (Å²) in [5.74, 6) is 0.429. The molecule has 1 N–H and O–H groups in total. The van der Waals surface area contributed by atoms with Crippen molar-refractivity contribution in [3.63, 3.8) is 0 Å². The smallest absolute Gasteiger partial charge is 0.335 e. The van der Waals surface area contributed by atoms with Crippen LogP contribution in [0, 0.1) is 5.92 Å². The predicted molar refractivity (Wildman–Crippen MR) is 121 cm³/mol. The summed E-state index contributed by atoms with van der Waals surface area (Å²) in [6.45, 7) is 6.86. The molecule has 0 amide bonds. The van der Waals surface area contributed by atoms with Gasteiger partial charge in [0.25, 0.3) is 0 Å². The van der Waals surface area contributed by atoms with Crippen molar-refractivity contribution >= 4 is 5.97 Å². The molecule has 0 aromatic heterocycles. The maximum absolute atomic E-state index is 10.9. The third-order valence-electron chi connectivity index (χ3n) is 5.50. The summed E-state index contributed by atoms with van der Waals surface area (Å²) in [5, 5.41) is 8.98. The molecular formula is C27H30O2. The van der Waals surface area contributed by atoms with Crippen molar-refractivity contribution in [2.45, 2.75) is 46.0 Å². The van der Waals surface area contributed by atoms with Crippen LogP contribution in [0.25, 0.3) is 11.1 Å². The minimum absolute atomic E-state index is 0.336. The van der Waals surface area contributed by atoms with E-state index in [9.17, 15) is 4.79 Å². The first-order valence-corrected chi connectivity index (χ1v) is 10.4. The molecule has 150 valence electrons. The molecule has 2 heteroatoms. The molecule has 2 nitrogen and oxygen atoms in total. The van der Waals surface area contributed by atoms with E-state index in [4.69, 9.17) is 5.11 Å². The average Bonchev–Trinajstić information content (AvgIpc) is 2.72. The summed E-state index contributed by atoms with van der Waals surface area (Å²) in [6, 6.07) is 24.9. The molecule has 0 aliphatic heterocycles. The van der Waals surface area contributed by atoms with Crippen LogP contribution in [0.2, 0.25) is 0 Å². The Labute approximate surface area is 174 Å². The molecule has 0 aliphatic rings. The van der Waals surface area contributed by atoms with Gasteiger partial charge in [-0.1, -0.05) is 81.4 Å². The first-order chi connectivity index (χ1) is 13.9. The fraction of sp³-hybridized carbons (Fsp3) is 0.296. The Balaban J connectivity index is 1.60. The molecular weight excluding hydrogens is 356 g/mol. The highest BCUT2D eigenvalue weighted by Crippen LogP contribution is 2.26. The van der Waals surface area contributed by atoms with Gasteiger partial charge >= 0.3 is 5.97 Å². The monoisotopic (exact) mass is 386 g/mol. The van der Waals surface area contributed by atoms with Crippen molar-refractivity contribution in [1.29, 1.82) is 0 Å². The average molecular weight is 387 g/mol. The topological polar surface area (TPSA) is 37.3 Å². The van der Waals surface area contributed by atoms with Gasteiger partial charge in [-0.25, -0.2) is 4.79 Å². The lowest BCUT2D eigenvalue weighted by atomic mass is 9.91. The van der Waals surface area contributed by atoms with Gasteiger partial charge in [0.2, 0.25) is 0 Å². The van der Waals surface area contributed by atoms with Gasteiger partial charge in [-0.15, -0.1) is 0 Å². The number of hydrogen-bond acceptors (Lipinski definition) is 1. The van der Waals surface area contributed by atoms with Crippen molar-refractivity contribution < 1.29 is 9.90 Å². The van der Waals surface area contributed by atoms with E-state index < -0.39 is 5.97 Å². The molecule has 1 unspecified atom stereocenters. The van der Waals surface area contributed by atoms with Crippen LogP contribution >= 0.6 is 0 Å². The van der Waals surface area contributed by atoms with Crippen molar-refractivity contribution in [1.82, 2.24) is 0 Å². The van der Waals surface area contributed by atoms with Gasteiger partial charge in [0.05, 0.1) is 5.56 Å². The second-order valence-electron chi connectivity index (χ2n) is 8.35. The van der Waals surface area contributed by atoms with Gasteiger partial charge < -0.3 is 5.11 Å². The molecule has 0 heterocycles. The number of aromatic carboxylic acids is 1. The third kappa shape index (κ3) is 5.80.